The summed E-state index contributed by atoms with van der Waals surface area (Å²) in [6.07, 6.45) is 2.46. The van der Waals surface area contributed by atoms with Crippen molar-refractivity contribution in [1.29, 1.82) is 0 Å². The fourth-order valence-electron chi connectivity index (χ4n) is 0.264. The lowest BCUT2D eigenvalue weighted by molar-refractivity contribution is 0.403. The van der Waals surface area contributed by atoms with Gasteiger partial charge in [-0.25, -0.2) is 0 Å². The molecule has 0 saturated carbocycles. The van der Waals surface area contributed by atoms with Crippen molar-refractivity contribution in [3.8, 4) is 0 Å². The van der Waals surface area contributed by atoms with Gasteiger partial charge in [0.05, 0.1) is 6.23 Å². The quantitative estimate of drug-likeness (QED) is 0.350. The molecule has 0 aromatic carbocycles. The fraction of sp³-hybridized carbons (Fsp3) is 0.500. The van der Waals surface area contributed by atoms with Crippen LogP contribution in [0.25, 0.3) is 0 Å². The molecule has 3 heteroatoms. The van der Waals surface area contributed by atoms with Gasteiger partial charge in [0.15, 0.2) is 16.1 Å². The van der Waals surface area contributed by atoms with Crippen LogP contribution in [0.15, 0.2) is 4.66 Å². The zero-order valence-corrected chi connectivity index (χ0v) is 4.26. The molecule has 1 aliphatic rings. The van der Waals surface area contributed by atoms with Crippen molar-refractivity contribution in [1.82, 2.24) is 0 Å². The molecule has 0 spiro atoms. The Morgan fingerprint density at radius 3 is 3.20 bits per heavy atom. The van der Waals surface area contributed by atoms with E-state index in [-0.39, 0.29) is 9.68 Å². The van der Waals surface area contributed by atoms with Gasteiger partial charge in [-0.05, 0) is 0 Å². The summed E-state index contributed by atoms with van der Waals surface area (Å²) >= 11 is 0. The zero-order valence-electron chi connectivity index (χ0n) is 2.85. The molecule has 0 aromatic heterocycles. The normalized spacial score (nSPS) is 24.0. The van der Waals surface area contributed by atoms with Crippen LogP contribution >= 0.6 is 0 Å². The number of rotatable bonds is 0. The van der Waals surface area contributed by atoms with E-state index in [9.17, 15) is 0 Å². The van der Waals surface area contributed by atoms with Crippen LogP contribution in [0, 0.1) is 0 Å². The first-order valence-electron chi connectivity index (χ1n) is 1.60. The van der Waals surface area contributed by atoms with Crippen molar-refractivity contribution >= 4 is 16.1 Å². The van der Waals surface area contributed by atoms with Gasteiger partial charge >= 0.3 is 0 Å². The van der Waals surface area contributed by atoms with E-state index in [0.29, 0.717) is 0 Å². The molecule has 0 saturated heterocycles. The molecular formula is C2H5NOSi. The molecule has 0 bridgehead atoms. The second-order valence-electron chi connectivity index (χ2n) is 0.882. The molecule has 28 valence electrons. The smallest absolute Gasteiger partial charge is 0.195 e. The lowest BCUT2D eigenvalue weighted by atomic mass is 11.4. The Kier molecular flexibility index (Phi) is 0.703. The molecule has 1 aliphatic heterocycles. The summed E-state index contributed by atoms with van der Waals surface area (Å²) in [5, 5.41) is 0. The van der Waals surface area contributed by atoms with Crippen molar-refractivity contribution < 1.29 is 4.74 Å². The first-order valence-corrected chi connectivity index (χ1v) is 3.23. The van der Waals surface area contributed by atoms with Crippen LogP contribution in [-0.2, 0) is 4.74 Å². The molecule has 0 radical (unpaired) electrons. The summed E-state index contributed by atoms with van der Waals surface area (Å²) < 4.78 is 8.59. The average Bonchev–Trinajstić information content (AvgIpc) is 1.76. The van der Waals surface area contributed by atoms with E-state index in [1.54, 1.807) is 6.40 Å². The number of nitrogens with zero attached hydrogens (tertiary/aromatic N) is 1. The maximum Gasteiger partial charge on any atom is 0.195 e. The van der Waals surface area contributed by atoms with Gasteiger partial charge in [0, 0.05) is 0 Å². The molecule has 0 aromatic rings. The van der Waals surface area contributed by atoms with Crippen LogP contribution in [0.2, 0.25) is 0 Å². The predicted octanol–water partition coefficient (Wildman–Crippen LogP) is -0.914. The maximum absolute atomic E-state index is 4.71. The van der Waals surface area contributed by atoms with E-state index in [1.807, 2.05) is 0 Å². The van der Waals surface area contributed by atoms with Gasteiger partial charge < -0.3 is 9.39 Å². The Bertz CT molecular complexity index is 47.6. The van der Waals surface area contributed by atoms with Gasteiger partial charge in [-0.15, -0.1) is 0 Å². The van der Waals surface area contributed by atoms with E-state index in [1.165, 1.54) is 0 Å². The molecule has 5 heavy (non-hydrogen) atoms. The molecule has 0 N–H and O–H groups in total. The van der Waals surface area contributed by atoms with Crippen LogP contribution in [0.3, 0.4) is 0 Å². The third-order valence-corrected chi connectivity index (χ3v) is 1.31. The summed E-state index contributed by atoms with van der Waals surface area (Å²) in [7, 11) is -0.110. The Morgan fingerprint density at radius 1 is 2.00 bits per heavy atom. The lowest BCUT2D eigenvalue weighted by Gasteiger charge is -1.76. The summed E-state index contributed by atoms with van der Waals surface area (Å²) in [6.45, 7) is 0. The van der Waals surface area contributed by atoms with Crippen molar-refractivity contribution in [3.63, 3.8) is 0 Å². The predicted molar refractivity (Wildman–Crippen MR) is 23.0 cm³/mol. The summed E-state index contributed by atoms with van der Waals surface area (Å²) in [4.78, 5) is 0. The summed E-state index contributed by atoms with van der Waals surface area (Å²) in [5.74, 6) is 0. The van der Waals surface area contributed by atoms with Crippen molar-refractivity contribution in [2.45, 2.75) is 0 Å². The van der Waals surface area contributed by atoms with Crippen LogP contribution < -0.4 is 0 Å². The van der Waals surface area contributed by atoms with Crippen molar-refractivity contribution in [3.05, 3.63) is 0 Å². The van der Waals surface area contributed by atoms with Gasteiger partial charge in [-0.1, -0.05) is 0 Å². The standard InChI is InChI=1S/C2H5NOSi/c1-3-5-2-4-1/h1H,2,5H2. The van der Waals surface area contributed by atoms with Crippen LogP contribution in [0.4, 0.5) is 0 Å². The highest BCUT2D eigenvalue weighted by Gasteiger charge is 1.86. The van der Waals surface area contributed by atoms with Gasteiger partial charge in [0.25, 0.3) is 0 Å². The number of hydrogen-bond donors (Lipinski definition) is 0. The van der Waals surface area contributed by atoms with Gasteiger partial charge in [-0.2, -0.15) is 0 Å². The lowest BCUT2D eigenvalue weighted by Crippen LogP contribution is -1.85. The second kappa shape index (κ2) is 1.21. The first-order chi connectivity index (χ1) is 2.50. The molecule has 0 atom stereocenters. The minimum Gasteiger partial charge on any atom is -0.486 e. The van der Waals surface area contributed by atoms with Crippen LogP contribution in [-0.4, -0.2) is 22.3 Å². The van der Waals surface area contributed by atoms with E-state index < -0.39 is 0 Å². The molecule has 0 unspecified atom stereocenters. The fourth-order valence-corrected chi connectivity index (χ4v) is 0.791. The molecular weight excluding hydrogens is 82.1 g/mol. The molecule has 0 fully saturated rings. The van der Waals surface area contributed by atoms with Gasteiger partial charge in [0.2, 0.25) is 0 Å². The third kappa shape index (κ3) is 0.478. The maximum atomic E-state index is 4.71. The largest absolute Gasteiger partial charge is 0.486 e. The highest BCUT2D eigenvalue weighted by atomic mass is 28.2. The van der Waals surface area contributed by atoms with E-state index in [2.05, 4.69) is 4.66 Å². The minimum absolute atomic E-state index is 0.110. The minimum atomic E-state index is -0.110. The monoisotopic (exact) mass is 87.0 g/mol. The van der Waals surface area contributed by atoms with Gasteiger partial charge in [-0.3, -0.25) is 0 Å². The van der Waals surface area contributed by atoms with Crippen LogP contribution in [0.1, 0.15) is 0 Å². The van der Waals surface area contributed by atoms with Crippen molar-refractivity contribution in [2.75, 3.05) is 6.23 Å². The Balaban J connectivity index is 2.32. The molecule has 1 rings (SSSR count). The second-order valence-corrected chi connectivity index (χ2v) is 2.10. The zero-order chi connectivity index (χ0) is 3.54. The topological polar surface area (TPSA) is 21.6 Å². The Labute approximate surface area is 32.8 Å². The SMILES string of the molecule is C1=N[SiH2]CO1. The first kappa shape index (κ1) is 2.90. The third-order valence-electron chi connectivity index (χ3n) is 0.487. The summed E-state index contributed by atoms with van der Waals surface area (Å²) in [6, 6.07) is 0. The highest BCUT2D eigenvalue weighted by Crippen LogP contribution is 1.75. The Hall–Kier alpha value is -0.313. The van der Waals surface area contributed by atoms with E-state index in [4.69, 9.17) is 4.74 Å². The van der Waals surface area contributed by atoms with Crippen LogP contribution in [0.5, 0.6) is 0 Å². The van der Waals surface area contributed by atoms with E-state index >= 15 is 0 Å². The van der Waals surface area contributed by atoms with E-state index in [0.717, 1.165) is 6.23 Å². The van der Waals surface area contributed by atoms with Gasteiger partial charge in [0.1, 0.15) is 0 Å². The Morgan fingerprint density at radius 2 is 3.00 bits per heavy atom. The molecule has 2 nitrogen and oxygen atoms in total. The number of ether oxygens (including phenoxy) is 1. The average molecular weight is 87.2 g/mol. The molecule has 0 amide bonds. The summed E-state index contributed by atoms with van der Waals surface area (Å²) in [5.41, 5.74) is 0. The molecule has 0 aliphatic carbocycles. The number of hydrogen-bond acceptors (Lipinski definition) is 2. The van der Waals surface area contributed by atoms with Crippen molar-refractivity contribution in [2.24, 2.45) is 4.66 Å². The molecule has 1 heterocycles. The highest BCUT2D eigenvalue weighted by molar-refractivity contribution is 6.36.